The van der Waals surface area contributed by atoms with Crippen molar-refractivity contribution in [3.63, 3.8) is 0 Å². The topological polar surface area (TPSA) is 100 Å². The van der Waals surface area contributed by atoms with Gasteiger partial charge in [-0.25, -0.2) is 9.59 Å². The summed E-state index contributed by atoms with van der Waals surface area (Å²) in [5, 5.41) is 9.73. The second-order valence-electron chi connectivity index (χ2n) is 14.1. The summed E-state index contributed by atoms with van der Waals surface area (Å²) < 4.78 is 0. The van der Waals surface area contributed by atoms with Crippen molar-refractivity contribution in [2.24, 2.45) is 0 Å². The molecule has 5 aliphatic rings. The molecule has 0 aromatic heterocycles. The Labute approximate surface area is 279 Å². The summed E-state index contributed by atoms with van der Waals surface area (Å²) in [5.41, 5.74) is 5.97. The molecule has 3 N–H and O–H groups in total. The van der Waals surface area contributed by atoms with E-state index in [4.69, 9.17) is 0 Å². The molecule has 10 heteroatoms. The highest BCUT2D eigenvalue weighted by Gasteiger charge is 2.35. The SMILES string of the molecule is O=C(N[C@H](Cc1ccc2c(c1)CCCC2)C(=O)N1CCN(C2CCNCC2)CC1)N1CCC(N2CCc3ccccc3NC2=O)CC1. The van der Waals surface area contributed by atoms with Crippen LogP contribution >= 0.6 is 0 Å². The zero-order valence-electron chi connectivity index (χ0n) is 27.7. The Morgan fingerprint density at radius 1 is 0.766 bits per heavy atom. The number of nitrogens with zero attached hydrogens (tertiary/aromatic N) is 4. The summed E-state index contributed by atoms with van der Waals surface area (Å²) >= 11 is 0. The zero-order valence-corrected chi connectivity index (χ0v) is 27.7. The number of piperazine rings is 1. The van der Waals surface area contributed by atoms with Crippen LogP contribution in [0.5, 0.6) is 0 Å². The van der Waals surface area contributed by atoms with Crippen LogP contribution in [0.15, 0.2) is 42.5 Å². The molecule has 4 heterocycles. The third kappa shape index (κ3) is 7.44. The van der Waals surface area contributed by atoms with Crippen LogP contribution in [0.1, 0.15) is 60.8 Å². The minimum Gasteiger partial charge on any atom is -0.338 e. The summed E-state index contributed by atoms with van der Waals surface area (Å²) in [5.74, 6) is 0.0247. The average molecular weight is 642 g/mol. The largest absolute Gasteiger partial charge is 0.338 e. The number of piperidine rings is 2. The number of aryl methyl sites for hydroxylation is 2. The summed E-state index contributed by atoms with van der Waals surface area (Å²) in [6, 6.07) is 14.5. The van der Waals surface area contributed by atoms with E-state index < -0.39 is 6.04 Å². The number of hydrogen-bond donors (Lipinski definition) is 3. The third-order valence-electron chi connectivity index (χ3n) is 11.2. The normalized spacial score (nSPS) is 22.1. The van der Waals surface area contributed by atoms with E-state index in [1.807, 2.05) is 32.9 Å². The lowest BCUT2D eigenvalue weighted by molar-refractivity contribution is -0.135. The fraction of sp³-hybridized carbons (Fsp3) is 0.595. The number of carbonyl (C=O) groups is 3. The highest BCUT2D eigenvalue weighted by atomic mass is 16.2. The number of anilines is 1. The number of para-hydroxylation sites is 1. The van der Waals surface area contributed by atoms with E-state index in [1.165, 1.54) is 24.0 Å². The molecule has 5 amide bonds. The van der Waals surface area contributed by atoms with Gasteiger partial charge >= 0.3 is 12.1 Å². The first-order chi connectivity index (χ1) is 23.0. The molecule has 0 bridgehead atoms. The number of urea groups is 2. The summed E-state index contributed by atoms with van der Waals surface area (Å²) in [4.78, 5) is 49.3. The molecule has 3 fully saturated rings. The van der Waals surface area contributed by atoms with Crippen LogP contribution in [0.4, 0.5) is 15.3 Å². The van der Waals surface area contributed by atoms with Crippen LogP contribution in [-0.4, -0.2) is 115 Å². The molecule has 10 nitrogen and oxygen atoms in total. The minimum atomic E-state index is -0.609. The first-order valence-corrected chi connectivity index (χ1v) is 18.1. The van der Waals surface area contributed by atoms with Crippen molar-refractivity contribution in [2.45, 2.75) is 82.3 Å². The summed E-state index contributed by atoms with van der Waals surface area (Å²) in [6.45, 7) is 7.09. The van der Waals surface area contributed by atoms with Crippen LogP contribution in [0.3, 0.4) is 0 Å². The maximum Gasteiger partial charge on any atom is 0.322 e. The molecule has 252 valence electrons. The fourth-order valence-electron chi connectivity index (χ4n) is 8.41. The quantitative estimate of drug-likeness (QED) is 0.448. The smallest absolute Gasteiger partial charge is 0.322 e. The van der Waals surface area contributed by atoms with Crippen molar-refractivity contribution in [1.82, 2.24) is 30.2 Å². The molecule has 7 rings (SSSR count). The minimum absolute atomic E-state index is 0.0247. The molecule has 0 unspecified atom stereocenters. The number of rotatable bonds is 6. The molecular formula is C37H51N7O3. The van der Waals surface area contributed by atoms with Crippen molar-refractivity contribution in [3.8, 4) is 0 Å². The van der Waals surface area contributed by atoms with Gasteiger partial charge in [-0.3, -0.25) is 9.69 Å². The molecule has 2 aromatic carbocycles. The maximum atomic E-state index is 14.1. The van der Waals surface area contributed by atoms with Gasteiger partial charge in [0.05, 0.1) is 0 Å². The summed E-state index contributed by atoms with van der Waals surface area (Å²) in [7, 11) is 0. The van der Waals surface area contributed by atoms with Gasteiger partial charge in [-0.15, -0.1) is 0 Å². The number of benzene rings is 2. The lowest BCUT2D eigenvalue weighted by Gasteiger charge is -2.42. The number of hydrogen-bond acceptors (Lipinski definition) is 5. The van der Waals surface area contributed by atoms with Crippen LogP contribution in [0.2, 0.25) is 0 Å². The third-order valence-corrected chi connectivity index (χ3v) is 11.2. The second-order valence-corrected chi connectivity index (χ2v) is 14.1. The van der Waals surface area contributed by atoms with Gasteiger partial charge in [-0.05, 0) is 99.2 Å². The van der Waals surface area contributed by atoms with E-state index in [0.29, 0.717) is 45.2 Å². The standard InChI is InChI=1S/C37H51N7O3/c45-35(42-23-21-41(22-24-42)31-11-16-38-17-12-31)34(26-27-9-10-28-5-1-2-7-30(28)25-27)40-36(46)43-18-14-32(15-19-43)44-20-13-29-6-3-4-8-33(29)39-37(44)47/h3-4,6,8-10,25,31-32,34,38H,1-2,5,7,11-24,26H2,(H,39,47)(H,40,46)/t34-/m1/s1. The van der Waals surface area contributed by atoms with Crippen molar-refractivity contribution >= 4 is 23.7 Å². The first-order valence-electron chi connectivity index (χ1n) is 18.1. The Bertz CT molecular complexity index is 1430. The van der Waals surface area contributed by atoms with Gasteiger partial charge in [0.25, 0.3) is 0 Å². The van der Waals surface area contributed by atoms with Gasteiger partial charge in [0.2, 0.25) is 5.91 Å². The van der Waals surface area contributed by atoms with Crippen LogP contribution in [0, 0.1) is 0 Å². The van der Waals surface area contributed by atoms with E-state index in [0.717, 1.165) is 87.9 Å². The molecule has 3 saturated heterocycles. The predicted molar refractivity (Wildman–Crippen MR) is 184 cm³/mol. The lowest BCUT2D eigenvalue weighted by atomic mass is 9.89. The summed E-state index contributed by atoms with van der Waals surface area (Å²) in [6.07, 6.45) is 9.74. The van der Waals surface area contributed by atoms with Crippen molar-refractivity contribution in [3.05, 3.63) is 64.7 Å². The molecule has 0 spiro atoms. The van der Waals surface area contributed by atoms with Crippen LogP contribution in [-0.2, 0) is 30.5 Å². The molecule has 1 aliphatic carbocycles. The van der Waals surface area contributed by atoms with Gasteiger partial charge in [-0.1, -0.05) is 36.4 Å². The molecule has 4 aliphatic heterocycles. The number of fused-ring (bicyclic) bond motifs is 2. The Hall–Kier alpha value is -3.63. The maximum absolute atomic E-state index is 14.1. The number of likely N-dealkylation sites (tertiary alicyclic amines) is 1. The Kier molecular flexibility index (Phi) is 9.95. The van der Waals surface area contributed by atoms with Crippen LogP contribution < -0.4 is 16.0 Å². The molecule has 2 aromatic rings. The number of nitrogens with one attached hydrogen (secondary N) is 3. The van der Waals surface area contributed by atoms with Crippen molar-refractivity contribution < 1.29 is 14.4 Å². The van der Waals surface area contributed by atoms with Crippen LogP contribution in [0.25, 0.3) is 0 Å². The van der Waals surface area contributed by atoms with Gasteiger partial charge in [0, 0.05) is 70.0 Å². The van der Waals surface area contributed by atoms with E-state index in [9.17, 15) is 14.4 Å². The average Bonchev–Trinajstić information content (AvgIpc) is 3.29. The zero-order chi connectivity index (χ0) is 32.2. The van der Waals surface area contributed by atoms with Gasteiger partial charge in [0.1, 0.15) is 6.04 Å². The van der Waals surface area contributed by atoms with Gasteiger partial charge in [0.15, 0.2) is 0 Å². The number of amides is 5. The van der Waals surface area contributed by atoms with Crippen molar-refractivity contribution in [2.75, 3.05) is 64.2 Å². The van der Waals surface area contributed by atoms with E-state index in [-0.39, 0.29) is 24.0 Å². The van der Waals surface area contributed by atoms with Gasteiger partial charge in [-0.2, -0.15) is 0 Å². The molecule has 0 saturated carbocycles. The van der Waals surface area contributed by atoms with E-state index >= 15 is 0 Å². The van der Waals surface area contributed by atoms with Gasteiger partial charge < -0.3 is 30.7 Å². The van der Waals surface area contributed by atoms with Crippen molar-refractivity contribution in [1.29, 1.82) is 0 Å². The Morgan fingerprint density at radius 3 is 2.30 bits per heavy atom. The molecular weight excluding hydrogens is 590 g/mol. The monoisotopic (exact) mass is 641 g/mol. The molecule has 0 radical (unpaired) electrons. The second kappa shape index (κ2) is 14.6. The Balaban J connectivity index is 0.987. The molecule has 47 heavy (non-hydrogen) atoms. The highest BCUT2D eigenvalue weighted by Crippen LogP contribution is 2.26. The highest BCUT2D eigenvalue weighted by molar-refractivity contribution is 5.91. The Morgan fingerprint density at radius 2 is 1.51 bits per heavy atom. The molecule has 1 atom stereocenters. The first kappa shape index (κ1) is 31.9. The fourth-order valence-corrected chi connectivity index (χ4v) is 8.41. The number of carbonyl (C=O) groups excluding carboxylic acids is 3. The van der Waals surface area contributed by atoms with E-state index in [1.54, 1.807) is 0 Å². The lowest BCUT2D eigenvalue weighted by Crippen LogP contribution is -2.59. The predicted octanol–water partition coefficient (Wildman–Crippen LogP) is 3.64. The van der Waals surface area contributed by atoms with E-state index in [2.05, 4.69) is 45.1 Å².